The van der Waals surface area contributed by atoms with Crippen molar-refractivity contribution in [2.24, 2.45) is 0 Å². The molecule has 1 unspecified atom stereocenters. The number of aliphatic carboxylic acids is 1. The molecule has 0 fully saturated rings. The number of amides is 2. The second-order valence-corrected chi connectivity index (χ2v) is 9.27. The van der Waals surface area contributed by atoms with Crippen LogP contribution in [-0.4, -0.2) is 54.0 Å². The molecule has 0 aromatic heterocycles. The van der Waals surface area contributed by atoms with Gasteiger partial charge in [0.05, 0.1) is 12.7 Å². The van der Waals surface area contributed by atoms with Crippen molar-refractivity contribution in [2.75, 3.05) is 6.61 Å². The zero-order valence-corrected chi connectivity index (χ0v) is 21.4. The number of carboxylic acids is 1. The number of hydrogen-bond donors (Lipinski definition) is 3. The summed E-state index contributed by atoms with van der Waals surface area (Å²) in [6, 6.07) is 18.7. The Morgan fingerprint density at radius 2 is 1.43 bits per heavy atom. The third-order valence-corrected chi connectivity index (χ3v) is 6.58. The zero-order valence-electron chi connectivity index (χ0n) is 21.4. The van der Waals surface area contributed by atoms with E-state index in [4.69, 9.17) is 9.47 Å². The number of alkyl halides is 3. The van der Waals surface area contributed by atoms with E-state index >= 15 is 0 Å². The van der Waals surface area contributed by atoms with Crippen molar-refractivity contribution in [1.29, 1.82) is 0 Å². The summed E-state index contributed by atoms with van der Waals surface area (Å²) < 4.78 is 51.9. The fourth-order valence-corrected chi connectivity index (χ4v) is 4.57. The standard InChI is InChI=1S/C29H27F3N2O6/c1-17(39-15-18-9-3-2-4-10-18)24(27(36)37)33-26(35)25(29(30,31)32)34-28(38)40-16-23-21-13-7-5-11-19(21)20-12-6-8-14-22(20)23/h2-14,17,23-25H,15-16H2,1H3,(H,33,35)(H,34,38)(H,36,37)/t17-,24+,25?/m1/s1. The molecule has 0 aliphatic heterocycles. The second-order valence-electron chi connectivity index (χ2n) is 9.27. The summed E-state index contributed by atoms with van der Waals surface area (Å²) >= 11 is 0. The molecule has 0 saturated carbocycles. The van der Waals surface area contributed by atoms with Gasteiger partial charge in [0.15, 0.2) is 6.04 Å². The predicted molar refractivity (Wildman–Crippen MR) is 138 cm³/mol. The van der Waals surface area contributed by atoms with Gasteiger partial charge in [-0.1, -0.05) is 78.9 Å². The molecule has 4 rings (SSSR count). The fourth-order valence-electron chi connectivity index (χ4n) is 4.57. The Balaban J connectivity index is 1.40. The minimum atomic E-state index is -5.23. The van der Waals surface area contributed by atoms with Gasteiger partial charge in [-0.2, -0.15) is 13.2 Å². The number of fused-ring (bicyclic) bond motifs is 3. The highest BCUT2D eigenvalue weighted by molar-refractivity contribution is 5.90. The van der Waals surface area contributed by atoms with Crippen molar-refractivity contribution >= 4 is 18.0 Å². The summed E-state index contributed by atoms with van der Waals surface area (Å²) in [5.41, 5.74) is 4.28. The zero-order chi connectivity index (χ0) is 28.9. The summed E-state index contributed by atoms with van der Waals surface area (Å²) in [6.45, 7) is 1.01. The first-order valence-corrected chi connectivity index (χ1v) is 12.4. The van der Waals surface area contributed by atoms with Crippen LogP contribution in [0.4, 0.5) is 18.0 Å². The van der Waals surface area contributed by atoms with Crippen LogP contribution in [0.3, 0.4) is 0 Å². The van der Waals surface area contributed by atoms with Gasteiger partial charge >= 0.3 is 18.2 Å². The monoisotopic (exact) mass is 556 g/mol. The molecule has 210 valence electrons. The second kappa shape index (κ2) is 12.2. The van der Waals surface area contributed by atoms with Crippen molar-refractivity contribution in [2.45, 2.75) is 43.8 Å². The van der Waals surface area contributed by atoms with Crippen LogP contribution in [0.2, 0.25) is 0 Å². The van der Waals surface area contributed by atoms with Gasteiger partial charge in [0.1, 0.15) is 6.61 Å². The van der Waals surface area contributed by atoms with E-state index in [1.165, 1.54) is 12.2 Å². The van der Waals surface area contributed by atoms with Crippen molar-refractivity contribution in [3.63, 3.8) is 0 Å². The van der Waals surface area contributed by atoms with Gasteiger partial charge in [-0.25, -0.2) is 9.59 Å². The van der Waals surface area contributed by atoms with Gasteiger partial charge in [0, 0.05) is 5.92 Å². The first-order chi connectivity index (χ1) is 19.1. The highest BCUT2D eigenvalue weighted by Gasteiger charge is 2.48. The summed E-state index contributed by atoms with van der Waals surface area (Å²) in [7, 11) is 0. The van der Waals surface area contributed by atoms with E-state index in [9.17, 15) is 32.7 Å². The lowest BCUT2D eigenvalue weighted by Crippen LogP contribution is -2.59. The number of carbonyl (C=O) groups is 3. The average Bonchev–Trinajstić information content (AvgIpc) is 3.25. The highest BCUT2D eigenvalue weighted by Crippen LogP contribution is 2.44. The maximum atomic E-state index is 13.8. The van der Waals surface area contributed by atoms with E-state index in [-0.39, 0.29) is 13.2 Å². The van der Waals surface area contributed by atoms with Gasteiger partial charge in [-0.15, -0.1) is 0 Å². The number of halogens is 3. The lowest BCUT2D eigenvalue weighted by molar-refractivity contribution is -0.170. The van der Waals surface area contributed by atoms with Gasteiger partial charge in [0.2, 0.25) is 6.04 Å². The minimum absolute atomic E-state index is 0.0254. The number of benzene rings is 3. The number of carboxylic acid groups (broad SMARTS) is 1. The molecule has 0 heterocycles. The normalized spacial score (nSPS) is 14.8. The van der Waals surface area contributed by atoms with Crippen molar-refractivity contribution < 1.29 is 42.1 Å². The van der Waals surface area contributed by atoms with Crippen molar-refractivity contribution in [3.05, 3.63) is 95.6 Å². The molecule has 0 spiro atoms. The molecule has 3 aromatic rings. The third-order valence-electron chi connectivity index (χ3n) is 6.58. The Hall–Kier alpha value is -4.38. The van der Waals surface area contributed by atoms with Gasteiger partial charge in [0.25, 0.3) is 5.91 Å². The van der Waals surface area contributed by atoms with E-state index in [0.29, 0.717) is 5.56 Å². The van der Waals surface area contributed by atoms with E-state index < -0.39 is 48.3 Å². The lowest BCUT2D eigenvalue weighted by Gasteiger charge is -2.26. The number of nitrogens with one attached hydrogen (secondary N) is 2. The molecule has 0 saturated heterocycles. The fraction of sp³-hybridized carbons (Fsp3) is 0.276. The Morgan fingerprint density at radius 3 is 1.98 bits per heavy atom. The van der Waals surface area contributed by atoms with Crippen molar-refractivity contribution in [1.82, 2.24) is 10.6 Å². The molecule has 3 atom stereocenters. The number of alkyl carbamates (subject to hydrolysis) is 1. The molecule has 1 aliphatic rings. The summed E-state index contributed by atoms with van der Waals surface area (Å²) in [5, 5.41) is 12.9. The smallest absolute Gasteiger partial charge is 0.417 e. The first-order valence-electron chi connectivity index (χ1n) is 12.4. The van der Waals surface area contributed by atoms with Crippen LogP contribution in [0.15, 0.2) is 78.9 Å². The molecule has 2 amide bonds. The van der Waals surface area contributed by atoms with E-state index in [0.717, 1.165) is 22.3 Å². The van der Waals surface area contributed by atoms with Gasteiger partial charge in [-0.3, -0.25) is 4.79 Å². The molecular weight excluding hydrogens is 529 g/mol. The summed E-state index contributed by atoms with van der Waals surface area (Å²) in [4.78, 5) is 36.8. The van der Waals surface area contributed by atoms with Crippen LogP contribution < -0.4 is 10.6 Å². The van der Waals surface area contributed by atoms with Crippen LogP contribution in [0, 0.1) is 0 Å². The molecule has 1 aliphatic carbocycles. The van der Waals surface area contributed by atoms with Crippen LogP contribution in [0.5, 0.6) is 0 Å². The average molecular weight is 557 g/mol. The maximum Gasteiger partial charge on any atom is 0.417 e. The quantitative estimate of drug-likeness (QED) is 0.336. The molecule has 3 aromatic carbocycles. The van der Waals surface area contributed by atoms with Crippen LogP contribution in [0.1, 0.15) is 29.5 Å². The Bertz CT molecular complexity index is 1320. The number of ether oxygens (including phenoxy) is 2. The van der Waals surface area contributed by atoms with Gasteiger partial charge < -0.3 is 25.2 Å². The molecule has 8 nitrogen and oxygen atoms in total. The molecule has 0 bridgehead atoms. The molecule has 11 heteroatoms. The van der Waals surface area contributed by atoms with Crippen LogP contribution >= 0.6 is 0 Å². The van der Waals surface area contributed by atoms with Crippen LogP contribution in [-0.2, 0) is 25.7 Å². The number of carbonyl (C=O) groups excluding carboxylic acids is 2. The van der Waals surface area contributed by atoms with Crippen LogP contribution in [0.25, 0.3) is 11.1 Å². The minimum Gasteiger partial charge on any atom is -0.480 e. The maximum absolute atomic E-state index is 13.8. The molecule has 0 radical (unpaired) electrons. The number of hydrogen-bond acceptors (Lipinski definition) is 5. The van der Waals surface area contributed by atoms with E-state index in [1.54, 1.807) is 30.3 Å². The SMILES string of the molecule is C[C@@H](OCc1ccccc1)[C@H](NC(=O)C(NC(=O)OCC1c2ccccc2-c2ccccc21)C(F)(F)F)C(=O)O. The van der Waals surface area contributed by atoms with E-state index in [1.807, 2.05) is 53.8 Å². The number of rotatable bonds is 10. The summed E-state index contributed by atoms with van der Waals surface area (Å²) in [6.07, 6.45) is -7.89. The van der Waals surface area contributed by atoms with E-state index in [2.05, 4.69) is 0 Å². The molecular formula is C29H27F3N2O6. The largest absolute Gasteiger partial charge is 0.480 e. The predicted octanol–water partition coefficient (Wildman–Crippen LogP) is 4.63. The molecule has 40 heavy (non-hydrogen) atoms. The Kier molecular flexibility index (Phi) is 8.73. The van der Waals surface area contributed by atoms with Gasteiger partial charge in [-0.05, 0) is 34.7 Å². The highest BCUT2D eigenvalue weighted by atomic mass is 19.4. The third kappa shape index (κ3) is 6.60. The summed E-state index contributed by atoms with van der Waals surface area (Å²) in [5.74, 6) is -3.77. The Labute approximate surface area is 228 Å². The topological polar surface area (TPSA) is 114 Å². The lowest BCUT2D eigenvalue weighted by atomic mass is 9.98. The van der Waals surface area contributed by atoms with Crippen molar-refractivity contribution in [3.8, 4) is 11.1 Å². The molecule has 3 N–H and O–H groups in total. The first kappa shape index (κ1) is 28.6. The Morgan fingerprint density at radius 1 is 0.875 bits per heavy atom.